The molecule has 90 valence electrons. The number of rotatable bonds is 2. The maximum atomic E-state index is 11.4. The van der Waals surface area contributed by atoms with Gasteiger partial charge in [0.15, 0.2) is 5.82 Å². The Labute approximate surface area is 99.4 Å². The molecule has 6 nitrogen and oxygen atoms in total. The molecule has 17 heavy (non-hydrogen) atoms. The smallest absolute Gasteiger partial charge is 0.249 e. The van der Waals surface area contributed by atoms with Crippen LogP contribution in [0, 0.1) is 0 Å². The Hall–Kier alpha value is -1.66. The van der Waals surface area contributed by atoms with Crippen LogP contribution in [0.5, 0.6) is 0 Å². The monoisotopic (exact) mass is 233 g/mol. The topological polar surface area (TPSA) is 74.0 Å². The maximum Gasteiger partial charge on any atom is 0.249 e. The van der Waals surface area contributed by atoms with Crippen LogP contribution in [0.4, 0.5) is 0 Å². The molecule has 0 aliphatic carbocycles. The Kier molecular flexibility index (Phi) is 2.45. The molecule has 0 spiro atoms. The van der Waals surface area contributed by atoms with Gasteiger partial charge in [0.2, 0.25) is 5.91 Å². The Morgan fingerprint density at radius 1 is 1.59 bits per heavy atom. The fourth-order valence-corrected chi connectivity index (χ4v) is 2.46. The SMILES string of the molecule is NC(=O)C1=C2N=CC=CN2N(C2CCCN2)C1. The van der Waals surface area contributed by atoms with E-state index in [0.717, 1.165) is 19.4 Å². The van der Waals surface area contributed by atoms with Crippen LogP contribution in [-0.2, 0) is 4.79 Å². The first-order valence-electron chi connectivity index (χ1n) is 5.80. The van der Waals surface area contributed by atoms with E-state index in [1.165, 1.54) is 0 Å². The summed E-state index contributed by atoms with van der Waals surface area (Å²) in [7, 11) is 0. The number of nitrogens with zero attached hydrogens (tertiary/aromatic N) is 3. The van der Waals surface area contributed by atoms with Crippen molar-refractivity contribution in [2.24, 2.45) is 10.7 Å². The van der Waals surface area contributed by atoms with Crippen LogP contribution in [0.2, 0.25) is 0 Å². The largest absolute Gasteiger partial charge is 0.366 e. The number of primary amides is 1. The Balaban J connectivity index is 1.90. The summed E-state index contributed by atoms with van der Waals surface area (Å²) in [4.78, 5) is 15.6. The fourth-order valence-electron chi connectivity index (χ4n) is 2.46. The highest BCUT2D eigenvalue weighted by Gasteiger charge is 2.37. The number of hydrogen-bond acceptors (Lipinski definition) is 5. The molecule has 0 saturated carbocycles. The van der Waals surface area contributed by atoms with Crippen LogP contribution in [0.25, 0.3) is 0 Å². The van der Waals surface area contributed by atoms with Gasteiger partial charge < -0.3 is 11.1 Å². The van der Waals surface area contributed by atoms with Gasteiger partial charge in [-0.2, -0.15) is 5.01 Å². The van der Waals surface area contributed by atoms with Gasteiger partial charge in [0.25, 0.3) is 0 Å². The molecule has 3 N–H and O–H groups in total. The van der Waals surface area contributed by atoms with Crippen molar-refractivity contribution in [1.82, 2.24) is 15.3 Å². The van der Waals surface area contributed by atoms with Crippen LogP contribution in [0.3, 0.4) is 0 Å². The minimum atomic E-state index is -0.391. The second-order valence-electron chi connectivity index (χ2n) is 4.34. The molecule has 1 fully saturated rings. The molecule has 6 heteroatoms. The molecule has 0 radical (unpaired) electrons. The summed E-state index contributed by atoms with van der Waals surface area (Å²) in [6, 6.07) is 0. The van der Waals surface area contributed by atoms with Gasteiger partial charge in [0.1, 0.15) is 0 Å². The van der Waals surface area contributed by atoms with Gasteiger partial charge in [-0.25, -0.2) is 4.99 Å². The molecule has 1 amide bonds. The summed E-state index contributed by atoms with van der Waals surface area (Å²) in [5.74, 6) is 0.270. The van der Waals surface area contributed by atoms with Crippen molar-refractivity contribution in [2.45, 2.75) is 19.0 Å². The highest BCUT2D eigenvalue weighted by atomic mass is 16.1. The van der Waals surface area contributed by atoms with Gasteiger partial charge in [-0.3, -0.25) is 9.80 Å². The number of fused-ring (bicyclic) bond motifs is 1. The third-order valence-corrected chi connectivity index (χ3v) is 3.29. The van der Waals surface area contributed by atoms with Crippen LogP contribution in [-0.4, -0.2) is 41.4 Å². The summed E-state index contributed by atoms with van der Waals surface area (Å²) in [6.07, 6.45) is 7.95. The van der Waals surface area contributed by atoms with Crippen molar-refractivity contribution in [2.75, 3.05) is 13.1 Å². The van der Waals surface area contributed by atoms with E-state index >= 15 is 0 Å². The van der Waals surface area contributed by atoms with Gasteiger partial charge in [-0.1, -0.05) is 0 Å². The van der Waals surface area contributed by atoms with Crippen molar-refractivity contribution >= 4 is 12.1 Å². The zero-order valence-electron chi connectivity index (χ0n) is 9.47. The molecule has 3 heterocycles. The molecule has 0 aromatic rings. The Bertz CT molecular complexity index is 433. The average Bonchev–Trinajstić information content (AvgIpc) is 2.95. The standard InChI is InChI=1S/C11H15N5O/c12-10(17)8-7-16(9-3-1-4-13-9)15-6-2-5-14-11(8)15/h2,5-6,9,13H,1,3-4,7H2,(H2,12,17). The summed E-state index contributed by atoms with van der Waals surface area (Å²) in [5, 5.41) is 7.44. The van der Waals surface area contributed by atoms with Crippen molar-refractivity contribution < 1.29 is 4.79 Å². The molecule has 3 aliphatic heterocycles. The maximum absolute atomic E-state index is 11.4. The van der Waals surface area contributed by atoms with Gasteiger partial charge in [-0.15, -0.1) is 0 Å². The lowest BCUT2D eigenvalue weighted by Gasteiger charge is -2.33. The minimum absolute atomic E-state index is 0.264. The number of amides is 1. The van der Waals surface area contributed by atoms with E-state index in [1.807, 2.05) is 17.3 Å². The van der Waals surface area contributed by atoms with E-state index in [-0.39, 0.29) is 6.17 Å². The quantitative estimate of drug-likeness (QED) is 0.676. The average molecular weight is 233 g/mol. The third kappa shape index (κ3) is 1.65. The fraction of sp³-hybridized carbons (Fsp3) is 0.455. The van der Waals surface area contributed by atoms with E-state index in [0.29, 0.717) is 17.9 Å². The number of hydrazine groups is 1. The number of allylic oxidation sites excluding steroid dienone is 1. The molecular weight excluding hydrogens is 218 g/mol. The van der Waals surface area contributed by atoms with Crippen LogP contribution in [0.1, 0.15) is 12.8 Å². The molecule has 1 atom stereocenters. The van der Waals surface area contributed by atoms with Crippen molar-refractivity contribution in [3.8, 4) is 0 Å². The van der Waals surface area contributed by atoms with Crippen LogP contribution in [0.15, 0.2) is 28.7 Å². The Morgan fingerprint density at radius 3 is 3.18 bits per heavy atom. The number of nitrogens with two attached hydrogens (primary N) is 1. The molecular formula is C11H15N5O. The predicted molar refractivity (Wildman–Crippen MR) is 63.4 cm³/mol. The first-order valence-corrected chi connectivity index (χ1v) is 5.80. The number of hydrogen-bond donors (Lipinski definition) is 2. The molecule has 0 aromatic carbocycles. The van der Waals surface area contributed by atoms with Crippen LogP contribution >= 0.6 is 0 Å². The third-order valence-electron chi connectivity index (χ3n) is 3.29. The Morgan fingerprint density at radius 2 is 2.47 bits per heavy atom. The van der Waals surface area contributed by atoms with Crippen molar-refractivity contribution in [1.29, 1.82) is 0 Å². The second-order valence-corrected chi connectivity index (χ2v) is 4.34. The first kappa shape index (κ1) is 10.5. The summed E-state index contributed by atoms with van der Waals surface area (Å²) < 4.78 is 0. The summed E-state index contributed by atoms with van der Waals surface area (Å²) in [5.41, 5.74) is 5.98. The zero-order chi connectivity index (χ0) is 11.8. The van der Waals surface area contributed by atoms with Gasteiger partial charge >= 0.3 is 0 Å². The van der Waals surface area contributed by atoms with Gasteiger partial charge in [-0.05, 0) is 25.5 Å². The van der Waals surface area contributed by atoms with Crippen LogP contribution < -0.4 is 11.1 Å². The molecule has 3 aliphatic rings. The molecule has 3 rings (SSSR count). The van der Waals surface area contributed by atoms with Gasteiger partial charge in [0.05, 0.1) is 18.3 Å². The van der Waals surface area contributed by atoms with E-state index < -0.39 is 5.91 Å². The normalized spacial score (nSPS) is 28.0. The predicted octanol–water partition coefficient (Wildman–Crippen LogP) is -0.477. The summed E-state index contributed by atoms with van der Waals surface area (Å²) in [6.45, 7) is 1.55. The molecule has 1 saturated heterocycles. The summed E-state index contributed by atoms with van der Waals surface area (Å²) >= 11 is 0. The zero-order valence-corrected chi connectivity index (χ0v) is 9.47. The first-order chi connectivity index (χ1) is 8.27. The lowest BCUT2D eigenvalue weighted by Crippen LogP contribution is -2.47. The number of carbonyl (C=O) groups excluding carboxylic acids is 1. The van der Waals surface area contributed by atoms with E-state index in [9.17, 15) is 4.79 Å². The van der Waals surface area contributed by atoms with Crippen molar-refractivity contribution in [3.05, 3.63) is 23.7 Å². The number of nitrogens with one attached hydrogen (secondary N) is 1. The van der Waals surface area contributed by atoms with E-state index in [4.69, 9.17) is 5.73 Å². The van der Waals surface area contributed by atoms with E-state index in [2.05, 4.69) is 15.3 Å². The lowest BCUT2D eigenvalue weighted by atomic mass is 10.2. The van der Waals surface area contributed by atoms with Crippen molar-refractivity contribution in [3.63, 3.8) is 0 Å². The minimum Gasteiger partial charge on any atom is -0.366 e. The van der Waals surface area contributed by atoms with Gasteiger partial charge in [0, 0.05) is 12.4 Å². The molecule has 1 unspecified atom stereocenters. The lowest BCUT2D eigenvalue weighted by molar-refractivity contribution is -0.114. The second kappa shape index (κ2) is 3.97. The number of aliphatic imine (C=N–C) groups is 1. The molecule has 0 aromatic heterocycles. The highest BCUT2D eigenvalue weighted by molar-refractivity contribution is 5.94. The highest BCUT2D eigenvalue weighted by Crippen LogP contribution is 2.29. The van der Waals surface area contributed by atoms with E-state index in [1.54, 1.807) is 6.21 Å². The molecule has 0 bridgehead atoms. The number of carbonyl (C=O) groups is 1.